The average Bonchev–Trinajstić information content (AvgIpc) is 2.35. The van der Waals surface area contributed by atoms with Gasteiger partial charge >= 0.3 is 0 Å². The maximum absolute atomic E-state index is 12.4. The quantitative estimate of drug-likeness (QED) is 0.778. The van der Waals surface area contributed by atoms with Crippen LogP contribution in [0, 0.1) is 5.92 Å². The predicted octanol–water partition coefficient (Wildman–Crippen LogP) is 1.87. The lowest BCUT2D eigenvalue weighted by molar-refractivity contribution is 0.0248. The highest BCUT2D eigenvalue weighted by atomic mass is 79.9. The number of aliphatic hydroxyl groups is 1. The van der Waals surface area contributed by atoms with E-state index in [0.717, 1.165) is 6.42 Å². The van der Waals surface area contributed by atoms with E-state index in [4.69, 9.17) is 5.73 Å². The zero-order valence-electron chi connectivity index (χ0n) is 10.3. The van der Waals surface area contributed by atoms with Crippen LogP contribution in [0.5, 0.6) is 0 Å². The minimum atomic E-state index is -0.442. The highest BCUT2D eigenvalue weighted by Crippen LogP contribution is 2.26. The van der Waals surface area contributed by atoms with E-state index in [1.54, 1.807) is 23.1 Å². The van der Waals surface area contributed by atoms with Gasteiger partial charge in [-0.05, 0) is 40.4 Å². The number of aliphatic hydroxyl groups excluding tert-OH is 1. The van der Waals surface area contributed by atoms with E-state index in [9.17, 15) is 9.90 Å². The van der Waals surface area contributed by atoms with E-state index in [0.29, 0.717) is 28.8 Å². The summed E-state index contributed by atoms with van der Waals surface area (Å²) in [4.78, 5) is 14.0. The monoisotopic (exact) mass is 312 g/mol. The fourth-order valence-corrected chi connectivity index (χ4v) is 2.55. The summed E-state index contributed by atoms with van der Waals surface area (Å²) in [6.45, 7) is 3.07. The second-order valence-corrected chi connectivity index (χ2v) is 5.59. The van der Waals surface area contributed by atoms with Gasteiger partial charge in [0.1, 0.15) is 0 Å². The van der Waals surface area contributed by atoms with Gasteiger partial charge in [0.05, 0.1) is 16.1 Å². The van der Waals surface area contributed by atoms with Crippen LogP contribution >= 0.6 is 15.9 Å². The van der Waals surface area contributed by atoms with Crippen molar-refractivity contribution >= 4 is 27.5 Å². The van der Waals surface area contributed by atoms with Gasteiger partial charge in [0.2, 0.25) is 0 Å². The summed E-state index contributed by atoms with van der Waals surface area (Å²) < 4.78 is 0.628. The Hall–Kier alpha value is -1.07. The van der Waals surface area contributed by atoms with Gasteiger partial charge in [-0.1, -0.05) is 13.0 Å². The molecule has 98 valence electrons. The molecule has 1 aliphatic rings. The first-order valence-electron chi connectivity index (χ1n) is 6.02. The van der Waals surface area contributed by atoms with E-state index in [1.807, 2.05) is 6.92 Å². The molecule has 2 atom stereocenters. The van der Waals surface area contributed by atoms with Gasteiger partial charge in [-0.15, -0.1) is 0 Å². The number of nitrogen functional groups attached to an aromatic ring is 1. The number of piperidine rings is 1. The summed E-state index contributed by atoms with van der Waals surface area (Å²) >= 11 is 3.34. The van der Waals surface area contributed by atoms with Gasteiger partial charge in [-0.2, -0.15) is 0 Å². The van der Waals surface area contributed by atoms with Crippen molar-refractivity contribution in [2.45, 2.75) is 19.4 Å². The van der Waals surface area contributed by atoms with Crippen LogP contribution in [0.1, 0.15) is 23.7 Å². The number of anilines is 1. The van der Waals surface area contributed by atoms with Crippen LogP contribution in [0.4, 0.5) is 5.69 Å². The Morgan fingerprint density at radius 2 is 2.28 bits per heavy atom. The first-order valence-corrected chi connectivity index (χ1v) is 6.81. The second kappa shape index (κ2) is 5.28. The molecule has 2 rings (SSSR count). The Labute approximate surface area is 115 Å². The Morgan fingerprint density at radius 3 is 2.94 bits per heavy atom. The van der Waals surface area contributed by atoms with Crippen LogP contribution in [0.3, 0.4) is 0 Å². The van der Waals surface area contributed by atoms with Crippen molar-refractivity contribution in [1.82, 2.24) is 4.90 Å². The third-order valence-electron chi connectivity index (χ3n) is 3.46. The fraction of sp³-hybridized carbons (Fsp3) is 0.462. The molecule has 1 aliphatic heterocycles. The molecule has 1 saturated heterocycles. The third-order valence-corrected chi connectivity index (χ3v) is 4.35. The molecule has 0 spiro atoms. The van der Waals surface area contributed by atoms with Crippen LogP contribution in [0.25, 0.3) is 0 Å². The van der Waals surface area contributed by atoms with Crippen LogP contribution in [-0.2, 0) is 0 Å². The lowest BCUT2D eigenvalue weighted by atomic mass is 9.95. The molecular weight excluding hydrogens is 296 g/mol. The molecular formula is C13H17BrN2O2. The van der Waals surface area contributed by atoms with Crippen molar-refractivity contribution in [2.24, 2.45) is 5.92 Å². The van der Waals surface area contributed by atoms with Crippen molar-refractivity contribution in [2.75, 3.05) is 18.8 Å². The van der Waals surface area contributed by atoms with Gasteiger partial charge < -0.3 is 15.7 Å². The van der Waals surface area contributed by atoms with E-state index < -0.39 is 6.10 Å². The van der Waals surface area contributed by atoms with Gasteiger partial charge in [0, 0.05) is 18.8 Å². The maximum Gasteiger partial charge on any atom is 0.255 e. The van der Waals surface area contributed by atoms with Crippen LogP contribution in [0.15, 0.2) is 22.7 Å². The van der Waals surface area contributed by atoms with Crippen molar-refractivity contribution in [1.29, 1.82) is 0 Å². The van der Waals surface area contributed by atoms with Gasteiger partial charge in [-0.3, -0.25) is 4.79 Å². The summed E-state index contributed by atoms with van der Waals surface area (Å²) in [6.07, 6.45) is 0.384. The number of nitrogens with zero attached hydrogens (tertiary/aromatic N) is 1. The van der Waals surface area contributed by atoms with Crippen LogP contribution in [-0.4, -0.2) is 35.1 Å². The number of hydrogen-bond donors (Lipinski definition) is 2. The number of benzene rings is 1. The topological polar surface area (TPSA) is 66.6 Å². The zero-order valence-corrected chi connectivity index (χ0v) is 11.9. The van der Waals surface area contributed by atoms with E-state index in [1.165, 1.54) is 0 Å². The number of rotatable bonds is 1. The largest absolute Gasteiger partial charge is 0.398 e. The molecule has 1 aromatic rings. The smallest absolute Gasteiger partial charge is 0.255 e. The fourth-order valence-electron chi connectivity index (χ4n) is 2.12. The SMILES string of the molecule is CC1CCN(C(=O)c2cccc(N)c2Br)CC1O. The Balaban J connectivity index is 2.19. The highest BCUT2D eigenvalue weighted by molar-refractivity contribution is 9.10. The van der Waals surface area contributed by atoms with Crippen LogP contribution < -0.4 is 5.73 Å². The molecule has 4 nitrogen and oxygen atoms in total. The standard InChI is InChI=1S/C13H17BrN2O2/c1-8-5-6-16(7-11(8)17)13(18)9-3-2-4-10(15)12(9)14/h2-4,8,11,17H,5-7,15H2,1H3. The van der Waals surface area contributed by atoms with E-state index >= 15 is 0 Å². The number of amides is 1. The molecule has 5 heteroatoms. The van der Waals surface area contributed by atoms with Gasteiger partial charge in [0.15, 0.2) is 0 Å². The molecule has 1 aromatic carbocycles. The lowest BCUT2D eigenvalue weighted by Crippen LogP contribution is -2.45. The molecule has 1 fully saturated rings. The Kier molecular flexibility index (Phi) is 3.92. The second-order valence-electron chi connectivity index (χ2n) is 4.79. The average molecular weight is 313 g/mol. The predicted molar refractivity (Wildman–Crippen MR) is 74.2 cm³/mol. The minimum absolute atomic E-state index is 0.0832. The lowest BCUT2D eigenvalue weighted by Gasteiger charge is -2.34. The number of hydrogen-bond acceptors (Lipinski definition) is 3. The number of β-amino-alcohol motifs (C(OH)–C–C–N with tert-alkyl or cyclic N) is 1. The summed E-state index contributed by atoms with van der Waals surface area (Å²) in [5.41, 5.74) is 6.87. The maximum atomic E-state index is 12.4. The van der Waals surface area contributed by atoms with Crippen molar-refractivity contribution in [3.8, 4) is 0 Å². The molecule has 0 radical (unpaired) electrons. The minimum Gasteiger partial charge on any atom is -0.398 e. The van der Waals surface area contributed by atoms with Crippen molar-refractivity contribution in [3.63, 3.8) is 0 Å². The Morgan fingerprint density at radius 1 is 1.56 bits per heavy atom. The zero-order chi connectivity index (χ0) is 13.3. The van der Waals surface area contributed by atoms with Crippen LogP contribution in [0.2, 0.25) is 0 Å². The van der Waals surface area contributed by atoms with Crippen molar-refractivity contribution < 1.29 is 9.90 Å². The number of carbonyl (C=O) groups excluding carboxylic acids is 1. The third kappa shape index (κ3) is 2.52. The molecule has 18 heavy (non-hydrogen) atoms. The molecule has 2 unspecified atom stereocenters. The van der Waals surface area contributed by atoms with Gasteiger partial charge in [0.25, 0.3) is 5.91 Å². The Bertz CT molecular complexity index is 464. The number of carbonyl (C=O) groups is 1. The molecule has 1 heterocycles. The number of halogens is 1. The van der Waals surface area contributed by atoms with E-state index in [2.05, 4.69) is 15.9 Å². The first-order chi connectivity index (χ1) is 8.50. The van der Waals surface area contributed by atoms with E-state index in [-0.39, 0.29) is 11.8 Å². The first kappa shape index (κ1) is 13.4. The summed E-state index contributed by atoms with van der Waals surface area (Å²) in [6, 6.07) is 5.25. The summed E-state index contributed by atoms with van der Waals surface area (Å²) in [7, 11) is 0. The molecule has 0 aliphatic carbocycles. The van der Waals surface area contributed by atoms with Crippen molar-refractivity contribution in [3.05, 3.63) is 28.2 Å². The number of nitrogens with two attached hydrogens (primary N) is 1. The molecule has 0 bridgehead atoms. The number of likely N-dealkylation sites (tertiary alicyclic amines) is 1. The highest BCUT2D eigenvalue weighted by Gasteiger charge is 2.28. The molecule has 3 N–H and O–H groups in total. The summed E-state index contributed by atoms with van der Waals surface area (Å²) in [5.74, 6) is 0.165. The van der Waals surface area contributed by atoms with Gasteiger partial charge in [-0.25, -0.2) is 0 Å². The summed E-state index contributed by atoms with van der Waals surface area (Å²) in [5, 5.41) is 9.84. The molecule has 1 amide bonds. The molecule has 0 saturated carbocycles. The normalized spacial score (nSPS) is 24.1. The molecule has 0 aromatic heterocycles.